The second kappa shape index (κ2) is 6.56. The molecule has 1 aliphatic rings. The summed E-state index contributed by atoms with van der Waals surface area (Å²) in [5.41, 5.74) is 7.43. The van der Waals surface area contributed by atoms with Crippen LogP contribution >= 0.6 is 0 Å². The van der Waals surface area contributed by atoms with Crippen LogP contribution in [0.1, 0.15) is 24.8 Å². The Balaban J connectivity index is 2.09. The molecule has 6 heteroatoms. The maximum Gasteiger partial charge on any atom is 0.214 e. The van der Waals surface area contributed by atoms with Crippen LogP contribution in [0.3, 0.4) is 0 Å². The van der Waals surface area contributed by atoms with E-state index in [1.807, 2.05) is 18.2 Å². The second-order valence-electron chi connectivity index (χ2n) is 5.14. The van der Waals surface area contributed by atoms with Crippen LogP contribution in [-0.2, 0) is 21.3 Å². The normalized spacial score (nSPS) is 15.7. The minimum absolute atomic E-state index is 0.129. The highest BCUT2D eigenvalue weighted by Gasteiger charge is 2.36. The summed E-state index contributed by atoms with van der Waals surface area (Å²) in [5, 5.41) is 0. The fourth-order valence-corrected chi connectivity index (χ4v) is 3.88. The van der Waals surface area contributed by atoms with Gasteiger partial charge in [0.1, 0.15) is 0 Å². The van der Waals surface area contributed by atoms with E-state index in [-0.39, 0.29) is 11.8 Å². The number of para-hydroxylation sites is 1. The van der Waals surface area contributed by atoms with Gasteiger partial charge in [-0.3, -0.25) is 0 Å². The van der Waals surface area contributed by atoms with Crippen molar-refractivity contribution in [2.75, 3.05) is 25.2 Å². The average molecular weight is 298 g/mol. The molecular formula is C14H22N2O3S. The summed E-state index contributed by atoms with van der Waals surface area (Å²) >= 11 is 0. The maximum atomic E-state index is 12.4. The predicted molar refractivity (Wildman–Crippen MR) is 79.7 cm³/mol. The van der Waals surface area contributed by atoms with Gasteiger partial charge in [-0.05, 0) is 30.9 Å². The first-order valence-corrected chi connectivity index (χ1v) is 8.47. The van der Waals surface area contributed by atoms with Crippen molar-refractivity contribution < 1.29 is 13.2 Å². The highest BCUT2D eigenvalue weighted by molar-refractivity contribution is 7.89. The Hall–Kier alpha value is -1.11. The molecule has 112 valence electrons. The molecular weight excluding hydrogens is 276 g/mol. The highest BCUT2D eigenvalue weighted by Crippen LogP contribution is 2.32. The molecule has 0 aromatic heterocycles. The Morgan fingerprint density at radius 3 is 2.65 bits per heavy atom. The van der Waals surface area contributed by atoms with Crippen LogP contribution in [0.25, 0.3) is 0 Å². The van der Waals surface area contributed by atoms with Gasteiger partial charge in [-0.1, -0.05) is 18.2 Å². The first-order chi connectivity index (χ1) is 9.54. The maximum absolute atomic E-state index is 12.4. The van der Waals surface area contributed by atoms with Crippen molar-refractivity contribution in [2.24, 2.45) is 0 Å². The van der Waals surface area contributed by atoms with E-state index in [0.717, 1.165) is 18.4 Å². The third kappa shape index (κ3) is 3.94. The van der Waals surface area contributed by atoms with Gasteiger partial charge in [-0.15, -0.1) is 0 Å². The van der Waals surface area contributed by atoms with Crippen LogP contribution in [0.5, 0.6) is 0 Å². The lowest BCUT2D eigenvalue weighted by atomic mass is 10.2. The van der Waals surface area contributed by atoms with E-state index in [4.69, 9.17) is 10.5 Å². The van der Waals surface area contributed by atoms with E-state index >= 15 is 0 Å². The number of methoxy groups -OCH3 is 1. The van der Waals surface area contributed by atoms with Gasteiger partial charge in [-0.2, -0.15) is 4.31 Å². The van der Waals surface area contributed by atoms with Gasteiger partial charge in [0.25, 0.3) is 0 Å². The van der Waals surface area contributed by atoms with Gasteiger partial charge in [-0.25, -0.2) is 8.42 Å². The van der Waals surface area contributed by atoms with Crippen molar-refractivity contribution in [1.82, 2.24) is 4.31 Å². The summed E-state index contributed by atoms with van der Waals surface area (Å²) in [7, 11) is -1.67. The fourth-order valence-electron chi connectivity index (χ4n) is 2.17. The number of ether oxygens (including phenoxy) is 1. The van der Waals surface area contributed by atoms with Crippen molar-refractivity contribution in [1.29, 1.82) is 0 Å². The number of hydrogen-bond donors (Lipinski definition) is 1. The lowest BCUT2D eigenvalue weighted by molar-refractivity contribution is 0.199. The zero-order valence-electron chi connectivity index (χ0n) is 11.8. The van der Waals surface area contributed by atoms with Crippen LogP contribution in [0.15, 0.2) is 24.3 Å². The van der Waals surface area contributed by atoms with E-state index in [2.05, 4.69) is 0 Å². The molecule has 1 fully saturated rings. The molecule has 20 heavy (non-hydrogen) atoms. The summed E-state index contributed by atoms with van der Waals surface area (Å²) in [4.78, 5) is 0. The Kier molecular flexibility index (Phi) is 5.01. The van der Waals surface area contributed by atoms with Gasteiger partial charge in [0.15, 0.2) is 0 Å². The predicted octanol–water partition coefficient (Wildman–Crippen LogP) is 1.60. The van der Waals surface area contributed by atoms with Crippen molar-refractivity contribution in [3.05, 3.63) is 29.8 Å². The molecule has 2 N–H and O–H groups in total. The number of rotatable bonds is 8. The number of anilines is 1. The number of hydrogen-bond acceptors (Lipinski definition) is 4. The van der Waals surface area contributed by atoms with Gasteiger partial charge in [0.05, 0.1) is 5.75 Å². The summed E-state index contributed by atoms with van der Waals surface area (Å²) in [6.07, 6.45) is 2.40. The van der Waals surface area contributed by atoms with Crippen LogP contribution in [-0.4, -0.2) is 38.2 Å². The third-order valence-electron chi connectivity index (χ3n) is 3.44. The van der Waals surface area contributed by atoms with Crippen LogP contribution in [0.2, 0.25) is 0 Å². The van der Waals surface area contributed by atoms with E-state index in [9.17, 15) is 8.42 Å². The van der Waals surface area contributed by atoms with Crippen molar-refractivity contribution in [2.45, 2.75) is 31.8 Å². The number of sulfonamides is 1. The molecule has 1 aromatic carbocycles. The molecule has 0 saturated heterocycles. The lowest BCUT2D eigenvalue weighted by Gasteiger charge is -2.22. The Morgan fingerprint density at radius 1 is 1.35 bits per heavy atom. The minimum Gasteiger partial charge on any atom is -0.398 e. The average Bonchev–Trinajstić information content (AvgIpc) is 3.22. The van der Waals surface area contributed by atoms with E-state index in [1.54, 1.807) is 17.5 Å². The molecule has 0 atom stereocenters. The molecule has 0 aliphatic heterocycles. The zero-order valence-corrected chi connectivity index (χ0v) is 12.6. The van der Waals surface area contributed by atoms with E-state index < -0.39 is 10.0 Å². The Labute approximate surface area is 120 Å². The van der Waals surface area contributed by atoms with E-state index in [1.165, 1.54) is 0 Å². The summed E-state index contributed by atoms with van der Waals surface area (Å²) < 4.78 is 31.4. The standard InChI is InChI=1S/C14H22N2O3S/c1-19-9-4-10-20(17,18)16(13-7-8-13)11-12-5-2-3-6-14(12)15/h2-3,5-6,13H,4,7-11,15H2,1H3. The molecule has 0 bridgehead atoms. The van der Waals surface area contributed by atoms with E-state index in [0.29, 0.717) is 25.3 Å². The number of nitrogens with zero attached hydrogens (tertiary/aromatic N) is 1. The van der Waals surface area contributed by atoms with Crippen molar-refractivity contribution >= 4 is 15.7 Å². The largest absolute Gasteiger partial charge is 0.398 e. The molecule has 0 unspecified atom stereocenters. The molecule has 0 amide bonds. The van der Waals surface area contributed by atoms with Gasteiger partial charge < -0.3 is 10.5 Å². The molecule has 0 spiro atoms. The fraction of sp³-hybridized carbons (Fsp3) is 0.571. The van der Waals surface area contributed by atoms with Gasteiger partial charge in [0, 0.05) is 32.0 Å². The van der Waals surface area contributed by atoms with Crippen LogP contribution < -0.4 is 5.73 Å². The van der Waals surface area contributed by atoms with Crippen molar-refractivity contribution in [3.63, 3.8) is 0 Å². The molecule has 1 aromatic rings. The number of nitrogens with two attached hydrogens (primary N) is 1. The molecule has 1 aliphatic carbocycles. The lowest BCUT2D eigenvalue weighted by Crippen LogP contribution is -2.35. The summed E-state index contributed by atoms with van der Waals surface area (Å²) in [6.45, 7) is 0.831. The van der Waals surface area contributed by atoms with Gasteiger partial charge >= 0.3 is 0 Å². The first kappa shape index (κ1) is 15.3. The third-order valence-corrected chi connectivity index (χ3v) is 5.39. The van der Waals surface area contributed by atoms with Crippen LogP contribution in [0.4, 0.5) is 5.69 Å². The SMILES string of the molecule is COCCCS(=O)(=O)N(Cc1ccccc1N)C1CC1. The zero-order chi connectivity index (χ0) is 14.6. The highest BCUT2D eigenvalue weighted by atomic mass is 32.2. The Bertz CT molecular complexity index is 541. The molecule has 0 heterocycles. The molecule has 1 saturated carbocycles. The molecule has 0 radical (unpaired) electrons. The Morgan fingerprint density at radius 2 is 2.05 bits per heavy atom. The number of benzene rings is 1. The van der Waals surface area contributed by atoms with Crippen molar-refractivity contribution in [3.8, 4) is 0 Å². The monoisotopic (exact) mass is 298 g/mol. The second-order valence-corrected chi connectivity index (χ2v) is 7.18. The van der Waals surface area contributed by atoms with Gasteiger partial charge in [0.2, 0.25) is 10.0 Å². The smallest absolute Gasteiger partial charge is 0.214 e. The molecule has 5 nitrogen and oxygen atoms in total. The first-order valence-electron chi connectivity index (χ1n) is 6.86. The number of nitrogen functional groups attached to an aromatic ring is 1. The molecule has 2 rings (SSSR count). The topological polar surface area (TPSA) is 72.6 Å². The van der Waals surface area contributed by atoms with Crippen LogP contribution in [0, 0.1) is 0 Å². The quantitative estimate of drug-likeness (QED) is 0.584. The minimum atomic E-state index is -3.25. The summed E-state index contributed by atoms with van der Waals surface area (Å²) in [6, 6.07) is 7.57. The summed E-state index contributed by atoms with van der Waals surface area (Å²) in [5.74, 6) is 0.129.